The second-order valence-electron chi connectivity index (χ2n) is 9.88. The molecule has 36 heavy (non-hydrogen) atoms. The van der Waals surface area contributed by atoms with Gasteiger partial charge in [0.1, 0.15) is 0 Å². The number of rotatable bonds is 25. The zero-order valence-electron chi connectivity index (χ0n) is 23.6. The molecule has 0 radical (unpaired) electrons. The van der Waals surface area contributed by atoms with Crippen LogP contribution in [0.15, 0.2) is 12.2 Å². The summed E-state index contributed by atoms with van der Waals surface area (Å²) in [4.78, 5) is 28.3. The van der Waals surface area contributed by atoms with Crippen molar-refractivity contribution in [3.63, 3.8) is 0 Å². The summed E-state index contributed by atoms with van der Waals surface area (Å²) in [6.45, 7) is 13.9. The smallest absolute Gasteiger partial charge is 0.307 e. The maximum atomic E-state index is 11.9. The Morgan fingerprint density at radius 3 is 1.89 bits per heavy atom. The van der Waals surface area contributed by atoms with Gasteiger partial charge in [0.25, 0.3) is 0 Å². The lowest BCUT2D eigenvalue weighted by Crippen LogP contribution is -2.37. The molecule has 0 aromatic rings. The van der Waals surface area contributed by atoms with Crippen LogP contribution in [-0.2, 0) is 19.1 Å². The molecule has 0 heterocycles. The van der Waals surface area contributed by atoms with Gasteiger partial charge in [-0.3, -0.25) is 9.59 Å². The molecule has 0 saturated heterocycles. The summed E-state index contributed by atoms with van der Waals surface area (Å²) in [6.07, 6.45) is 16.9. The van der Waals surface area contributed by atoms with Crippen LogP contribution in [0.25, 0.3) is 0 Å². The number of nitrogens with one attached hydrogen (secondary N) is 1. The fourth-order valence-corrected chi connectivity index (χ4v) is 4.34. The predicted octanol–water partition coefficient (Wildman–Crippen LogP) is 4.80. The zero-order chi connectivity index (χ0) is 26.3. The maximum absolute atomic E-state index is 11.9. The van der Waals surface area contributed by atoms with Gasteiger partial charge in [-0.15, -0.1) is 0 Å². The summed E-state index contributed by atoms with van der Waals surface area (Å²) in [5, 5.41) is 3.56. The lowest BCUT2D eigenvalue weighted by atomic mass is 10.1. The first-order chi connectivity index (χ1) is 17.6. The van der Waals surface area contributed by atoms with E-state index < -0.39 is 0 Å². The van der Waals surface area contributed by atoms with Gasteiger partial charge >= 0.3 is 11.9 Å². The fourth-order valence-electron chi connectivity index (χ4n) is 4.34. The number of ether oxygens (including phenoxy) is 2. The van der Waals surface area contributed by atoms with E-state index in [4.69, 9.17) is 9.47 Å². The highest BCUT2D eigenvalue weighted by Gasteiger charge is 2.19. The van der Waals surface area contributed by atoms with Gasteiger partial charge in [-0.25, -0.2) is 0 Å². The molecule has 0 aromatic heterocycles. The Kier molecular flexibility index (Phi) is 20.6. The molecule has 0 spiro atoms. The van der Waals surface area contributed by atoms with Gasteiger partial charge in [-0.05, 0) is 84.5 Å². The molecule has 0 aromatic carbocycles. The third-order valence-electron chi connectivity index (χ3n) is 6.54. The SMILES string of the molecule is CCCN(CCCN(CCNCCC/C=C/CCCC1CC1)CCC(=O)OCC)CCC(=O)OCC. The summed E-state index contributed by atoms with van der Waals surface area (Å²) in [5.41, 5.74) is 0. The Hall–Kier alpha value is -1.44. The summed E-state index contributed by atoms with van der Waals surface area (Å²) < 4.78 is 10.2. The van der Waals surface area contributed by atoms with Gasteiger partial charge in [0, 0.05) is 26.2 Å². The quantitative estimate of drug-likeness (QED) is 0.108. The van der Waals surface area contributed by atoms with Crippen molar-refractivity contribution in [1.82, 2.24) is 15.1 Å². The first-order valence-electron chi connectivity index (χ1n) is 14.7. The number of allylic oxidation sites excluding steroid dienone is 2. The third kappa shape index (κ3) is 19.7. The molecular formula is C29H55N3O4. The van der Waals surface area contributed by atoms with Crippen LogP contribution >= 0.6 is 0 Å². The van der Waals surface area contributed by atoms with Crippen LogP contribution in [-0.4, -0.2) is 87.3 Å². The van der Waals surface area contributed by atoms with Crippen LogP contribution in [0.3, 0.4) is 0 Å². The van der Waals surface area contributed by atoms with Crippen LogP contribution in [0.4, 0.5) is 0 Å². The Labute approximate surface area is 221 Å². The van der Waals surface area contributed by atoms with E-state index in [2.05, 4.69) is 34.2 Å². The Morgan fingerprint density at radius 2 is 1.33 bits per heavy atom. The Morgan fingerprint density at radius 1 is 0.750 bits per heavy atom. The molecule has 1 N–H and O–H groups in total. The molecule has 0 aliphatic heterocycles. The summed E-state index contributed by atoms with van der Waals surface area (Å²) in [6, 6.07) is 0. The molecule has 210 valence electrons. The van der Waals surface area contributed by atoms with E-state index in [9.17, 15) is 9.59 Å². The van der Waals surface area contributed by atoms with Crippen molar-refractivity contribution < 1.29 is 19.1 Å². The van der Waals surface area contributed by atoms with Gasteiger partial charge in [0.05, 0.1) is 26.1 Å². The molecule has 0 atom stereocenters. The van der Waals surface area contributed by atoms with Gasteiger partial charge in [-0.1, -0.05) is 38.3 Å². The van der Waals surface area contributed by atoms with Gasteiger partial charge in [-0.2, -0.15) is 0 Å². The lowest BCUT2D eigenvalue weighted by molar-refractivity contribution is -0.144. The molecule has 1 aliphatic carbocycles. The van der Waals surface area contributed by atoms with Gasteiger partial charge < -0.3 is 24.6 Å². The molecule has 1 saturated carbocycles. The summed E-state index contributed by atoms with van der Waals surface area (Å²) in [5.74, 6) is 0.803. The highest BCUT2D eigenvalue weighted by molar-refractivity contribution is 5.69. The van der Waals surface area contributed by atoms with Crippen LogP contribution in [0.1, 0.15) is 91.4 Å². The largest absolute Gasteiger partial charge is 0.466 e. The average Bonchev–Trinajstić information content (AvgIpc) is 3.68. The fraction of sp³-hybridized carbons (Fsp3) is 0.862. The zero-order valence-corrected chi connectivity index (χ0v) is 23.6. The molecule has 1 rings (SSSR count). The predicted molar refractivity (Wildman–Crippen MR) is 148 cm³/mol. The number of carbonyl (C=O) groups excluding carboxylic acids is 2. The van der Waals surface area contributed by atoms with Crippen molar-refractivity contribution in [2.45, 2.75) is 91.4 Å². The van der Waals surface area contributed by atoms with E-state index in [0.717, 1.165) is 84.0 Å². The standard InChI is InChI=1S/C29H55N3O4/c1-4-21-31(24-17-28(33)35-5-2)22-13-23-32(25-18-29(34)36-6-3)26-20-30-19-12-10-8-7-9-11-14-27-15-16-27/h7-8,27,30H,4-6,9-26H2,1-3H3/b8-7+. The number of esters is 2. The van der Waals surface area contributed by atoms with E-state index in [1.807, 2.05) is 13.8 Å². The van der Waals surface area contributed by atoms with E-state index in [1.54, 1.807) is 0 Å². The van der Waals surface area contributed by atoms with Crippen LogP contribution in [0, 0.1) is 5.92 Å². The van der Waals surface area contributed by atoms with Crippen LogP contribution in [0.2, 0.25) is 0 Å². The Balaban J connectivity index is 2.25. The second kappa shape index (κ2) is 22.7. The topological polar surface area (TPSA) is 71.1 Å². The minimum absolute atomic E-state index is 0.121. The molecule has 0 bridgehead atoms. The summed E-state index contributed by atoms with van der Waals surface area (Å²) in [7, 11) is 0. The first kappa shape index (κ1) is 32.6. The van der Waals surface area contributed by atoms with Gasteiger partial charge in [0.15, 0.2) is 0 Å². The molecule has 1 fully saturated rings. The number of hydrogen-bond acceptors (Lipinski definition) is 7. The highest BCUT2D eigenvalue weighted by Crippen LogP contribution is 2.33. The van der Waals surface area contributed by atoms with E-state index >= 15 is 0 Å². The molecule has 0 unspecified atom stereocenters. The monoisotopic (exact) mass is 509 g/mol. The van der Waals surface area contributed by atoms with E-state index in [0.29, 0.717) is 26.1 Å². The number of unbranched alkanes of at least 4 members (excludes halogenated alkanes) is 2. The molecule has 7 heteroatoms. The second-order valence-corrected chi connectivity index (χ2v) is 9.88. The van der Waals surface area contributed by atoms with Gasteiger partial charge in [0.2, 0.25) is 0 Å². The van der Waals surface area contributed by atoms with Crippen molar-refractivity contribution in [1.29, 1.82) is 0 Å². The van der Waals surface area contributed by atoms with Crippen molar-refractivity contribution >= 4 is 11.9 Å². The van der Waals surface area contributed by atoms with Crippen LogP contribution in [0.5, 0.6) is 0 Å². The third-order valence-corrected chi connectivity index (χ3v) is 6.54. The van der Waals surface area contributed by atoms with Crippen molar-refractivity contribution in [3.8, 4) is 0 Å². The number of hydrogen-bond donors (Lipinski definition) is 1. The maximum Gasteiger partial charge on any atom is 0.307 e. The van der Waals surface area contributed by atoms with E-state index in [-0.39, 0.29) is 11.9 Å². The highest BCUT2D eigenvalue weighted by atomic mass is 16.5. The van der Waals surface area contributed by atoms with Crippen molar-refractivity contribution in [3.05, 3.63) is 12.2 Å². The summed E-state index contributed by atoms with van der Waals surface area (Å²) >= 11 is 0. The Bertz CT molecular complexity index is 581. The average molecular weight is 510 g/mol. The normalized spacial score (nSPS) is 13.7. The van der Waals surface area contributed by atoms with Crippen molar-refractivity contribution in [2.24, 2.45) is 5.92 Å². The first-order valence-corrected chi connectivity index (χ1v) is 14.7. The number of carbonyl (C=O) groups is 2. The van der Waals surface area contributed by atoms with Crippen LogP contribution < -0.4 is 5.32 Å². The van der Waals surface area contributed by atoms with E-state index in [1.165, 1.54) is 32.1 Å². The lowest BCUT2D eigenvalue weighted by Gasteiger charge is -2.25. The molecule has 1 aliphatic rings. The molecule has 7 nitrogen and oxygen atoms in total. The van der Waals surface area contributed by atoms with Crippen molar-refractivity contribution in [2.75, 3.05) is 65.6 Å². The number of nitrogens with zero attached hydrogens (tertiary/aromatic N) is 2. The molecular weight excluding hydrogens is 454 g/mol. The molecule has 0 amide bonds. The minimum atomic E-state index is -0.124. The minimum Gasteiger partial charge on any atom is -0.466 e.